The molecule has 0 unspecified atom stereocenters. The molecule has 1 N–H and O–H groups in total. The van der Waals surface area contributed by atoms with Gasteiger partial charge in [0.15, 0.2) is 0 Å². The first kappa shape index (κ1) is 21.6. The SMILES string of the molecule is O=C(CCCCCN1C(=O)/C(=C/c2ccccc2)SC1=S)Nc1ccccc1Cl. The van der Waals surface area contributed by atoms with Crippen LogP contribution in [0.5, 0.6) is 0 Å². The van der Waals surface area contributed by atoms with Crippen LogP contribution >= 0.6 is 35.6 Å². The maximum Gasteiger partial charge on any atom is 0.266 e. The van der Waals surface area contributed by atoms with Crippen molar-refractivity contribution >= 4 is 63.5 Å². The predicted octanol–water partition coefficient (Wildman–Crippen LogP) is 5.74. The smallest absolute Gasteiger partial charge is 0.266 e. The summed E-state index contributed by atoms with van der Waals surface area (Å²) in [6.07, 6.45) is 4.66. The van der Waals surface area contributed by atoms with Crippen LogP contribution in [0.15, 0.2) is 59.5 Å². The van der Waals surface area contributed by atoms with E-state index in [1.54, 1.807) is 17.0 Å². The van der Waals surface area contributed by atoms with Crippen LogP contribution in [0.3, 0.4) is 0 Å². The monoisotopic (exact) mass is 444 g/mol. The van der Waals surface area contributed by atoms with Crippen LogP contribution in [0.1, 0.15) is 31.2 Å². The molecule has 1 aliphatic rings. The summed E-state index contributed by atoms with van der Waals surface area (Å²) in [5, 5.41) is 3.34. The average Bonchev–Trinajstić information content (AvgIpc) is 2.97. The fourth-order valence-electron chi connectivity index (χ4n) is 2.90. The number of nitrogens with one attached hydrogen (secondary N) is 1. The molecule has 3 rings (SSSR count). The molecule has 1 heterocycles. The molecule has 0 radical (unpaired) electrons. The van der Waals surface area contributed by atoms with Crippen molar-refractivity contribution in [1.82, 2.24) is 4.90 Å². The Bertz CT molecular complexity index is 931. The van der Waals surface area contributed by atoms with Gasteiger partial charge in [-0.15, -0.1) is 0 Å². The zero-order chi connectivity index (χ0) is 20.6. The molecule has 0 saturated carbocycles. The number of amides is 2. The topological polar surface area (TPSA) is 49.4 Å². The average molecular weight is 445 g/mol. The van der Waals surface area contributed by atoms with Crippen molar-refractivity contribution in [2.45, 2.75) is 25.7 Å². The first-order valence-electron chi connectivity index (χ1n) is 9.39. The van der Waals surface area contributed by atoms with Crippen LogP contribution in [-0.4, -0.2) is 27.6 Å². The number of para-hydroxylation sites is 1. The number of halogens is 1. The Kier molecular flexibility index (Phi) is 7.86. The number of carbonyl (C=O) groups excluding carboxylic acids is 2. The molecule has 0 spiro atoms. The van der Waals surface area contributed by atoms with Crippen molar-refractivity contribution in [3.63, 3.8) is 0 Å². The number of anilines is 1. The van der Waals surface area contributed by atoms with Crippen molar-refractivity contribution < 1.29 is 9.59 Å². The summed E-state index contributed by atoms with van der Waals surface area (Å²) in [6.45, 7) is 0.572. The van der Waals surface area contributed by atoms with Crippen molar-refractivity contribution in [2.75, 3.05) is 11.9 Å². The van der Waals surface area contributed by atoms with Gasteiger partial charge in [0, 0.05) is 13.0 Å². The molecule has 7 heteroatoms. The Labute approximate surface area is 185 Å². The molecule has 1 saturated heterocycles. The Hall–Kier alpha value is -2.15. The van der Waals surface area contributed by atoms with Gasteiger partial charge in [-0.25, -0.2) is 0 Å². The number of hydrogen-bond donors (Lipinski definition) is 1. The number of unbranched alkanes of at least 4 members (excludes halogenated alkanes) is 2. The normalized spacial score (nSPS) is 15.2. The number of thiocarbonyl (C=S) groups is 1. The highest BCUT2D eigenvalue weighted by Crippen LogP contribution is 2.32. The zero-order valence-corrected chi connectivity index (χ0v) is 18.2. The number of carbonyl (C=O) groups is 2. The molecule has 150 valence electrons. The summed E-state index contributed by atoms with van der Waals surface area (Å²) in [5.41, 5.74) is 1.61. The molecule has 0 aromatic heterocycles. The van der Waals surface area contributed by atoms with Crippen molar-refractivity contribution in [3.8, 4) is 0 Å². The van der Waals surface area contributed by atoms with Gasteiger partial charge in [0.25, 0.3) is 5.91 Å². The third kappa shape index (κ3) is 6.16. The van der Waals surface area contributed by atoms with Gasteiger partial charge < -0.3 is 5.32 Å². The molecule has 1 fully saturated rings. The van der Waals surface area contributed by atoms with Crippen LogP contribution in [0.25, 0.3) is 6.08 Å². The molecular formula is C22H21ClN2O2S2. The zero-order valence-electron chi connectivity index (χ0n) is 15.8. The number of thioether (sulfide) groups is 1. The molecule has 29 heavy (non-hydrogen) atoms. The third-order valence-electron chi connectivity index (χ3n) is 4.40. The standard InChI is InChI=1S/C22H21ClN2O2S2/c23-17-11-6-7-12-18(17)24-20(26)13-5-2-8-14-25-21(27)19(29-22(25)28)15-16-9-3-1-4-10-16/h1,3-4,6-7,9-12,15H,2,5,8,13-14H2,(H,24,26)/b19-15-. The minimum Gasteiger partial charge on any atom is -0.325 e. The van der Waals surface area contributed by atoms with E-state index in [0.29, 0.717) is 32.9 Å². The van der Waals surface area contributed by atoms with Crippen LogP contribution < -0.4 is 5.32 Å². The second-order valence-electron chi connectivity index (χ2n) is 6.58. The second kappa shape index (κ2) is 10.6. The number of hydrogen-bond acceptors (Lipinski definition) is 4. The molecule has 2 amide bonds. The summed E-state index contributed by atoms with van der Waals surface area (Å²) in [5.74, 6) is -0.102. The maximum absolute atomic E-state index is 12.6. The summed E-state index contributed by atoms with van der Waals surface area (Å²) >= 11 is 12.8. The van der Waals surface area contributed by atoms with Gasteiger partial charge in [-0.2, -0.15) is 0 Å². The molecular weight excluding hydrogens is 424 g/mol. The van der Waals surface area contributed by atoms with E-state index >= 15 is 0 Å². The first-order valence-corrected chi connectivity index (χ1v) is 11.0. The Morgan fingerprint density at radius 2 is 1.79 bits per heavy atom. The second-order valence-corrected chi connectivity index (χ2v) is 8.67. The fraction of sp³-hybridized carbons (Fsp3) is 0.227. The maximum atomic E-state index is 12.6. The van der Waals surface area contributed by atoms with Gasteiger partial charge in [-0.1, -0.05) is 84.5 Å². The number of benzene rings is 2. The summed E-state index contributed by atoms with van der Waals surface area (Å²) < 4.78 is 0.591. The molecule has 1 aliphatic heterocycles. The van der Waals surface area contributed by atoms with Gasteiger partial charge in [0.05, 0.1) is 15.6 Å². The van der Waals surface area contributed by atoms with Gasteiger partial charge in [0.1, 0.15) is 4.32 Å². The van der Waals surface area contributed by atoms with Gasteiger partial charge in [0.2, 0.25) is 5.91 Å². The Morgan fingerprint density at radius 1 is 1.07 bits per heavy atom. The van der Waals surface area contributed by atoms with E-state index in [1.165, 1.54) is 11.8 Å². The van der Waals surface area contributed by atoms with Crippen molar-refractivity contribution in [3.05, 3.63) is 70.1 Å². The largest absolute Gasteiger partial charge is 0.325 e. The van der Waals surface area contributed by atoms with E-state index in [4.69, 9.17) is 23.8 Å². The molecule has 0 atom stereocenters. The van der Waals surface area contributed by atoms with E-state index in [0.717, 1.165) is 24.8 Å². The quantitative estimate of drug-likeness (QED) is 0.320. The predicted molar refractivity (Wildman–Crippen MR) is 125 cm³/mol. The highest BCUT2D eigenvalue weighted by Gasteiger charge is 2.31. The summed E-state index contributed by atoms with van der Waals surface area (Å²) in [4.78, 5) is 26.9. The lowest BCUT2D eigenvalue weighted by atomic mass is 10.1. The molecule has 0 bridgehead atoms. The Morgan fingerprint density at radius 3 is 2.55 bits per heavy atom. The van der Waals surface area contributed by atoms with Crippen molar-refractivity contribution in [1.29, 1.82) is 0 Å². The number of rotatable bonds is 8. The lowest BCUT2D eigenvalue weighted by Crippen LogP contribution is -2.29. The Balaban J connectivity index is 1.41. The molecule has 0 aliphatic carbocycles. The molecule has 4 nitrogen and oxygen atoms in total. The minimum atomic E-state index is -0.0606. The highest BCUT2D eigenvalue weighted by atomic mass is 35.5. The summed E-state index contributed by atoms with van der Waals surface area (Å²) in [6, 6.07) is 16.9. The van der Waals surface area contributed by atoms with E-state index in [2.05, 4.69) is 5.32 Å². The van der Waals surface area contributed by atoms with E-state index in [-0.39, 0.29) is 11.8 Å². The lowest BCUT2D eigenvalue weighted by molar-refractivity contribution is -0.122. The van der Waals surface area contributed by atoms with Crippen LogP contribution in [0.2, 0.25) is 5.02 Å². The minimum absolute atomic E-state index is 0.0414. The number of nitrogens with zero attached hydrogens (tertiary/aromatic N) is 1. The third-order valence-corrected chi connectivity index (χ3v) is 6.11. The van der Waals surface area contributed by atoms with Crippen LogP contribution in [0.4, 0.5) is 5.69 Å². The highest BCUT2D eigenvalue weighted by molar-refractivity contribution is 8.26. The van der Waals surface area contributed by atoms with Crippen LogP contribution in [-0.2, 0) is 9.59 Å². The first-order chi connectivity index (χ1) is 14.0. The van der Waals surface area contributed by atoms with Crippen LogP contribution in [0, 0.1) is 0 Å². The summed E-state index contributed by atoms with van der Waals surface area (Å²) in [7, 11) is 0. The van der Waals surface area contributed by atoms with Gasteiger partial charge in [-0.3, -0.25) is 14.5 Å². The van der Waals surface area contributed by atoms with E-state index < -0.39 is 0 Å². The van der Waals surface area contributed by atoms with Gasteiger partial charge in [-0.05, 0) is 36.6 Å². The lowest BCUT2D eigenvalue weighted by Gasteiger charge is -2.14. The fourth-order valence-corrected chi connectivity index (χ4v) is 4.39. The molecule has 2 aromatic rings. The van der Waals surface area contributed by atoms with E-state index in [1.807, 2.05) is 48.5 Å². The van der Waals surface area contributed by atoms with Crippen molar-refractivity contribution in [2.24, 2.45) is 0 Å². The van der Waals surface area contributed by atoms with Gasteiger partial charge >= 0.3 is 0 Å². The van der Waals surface area contributed by atoms with E-state index in [9.17, 15) is 9.59 Å². The molecule has 2 aromatic carbocycles.